The van der Waals surface area contributed by atoms with Gasteiger partial charge in [-0.1, -0.05) is 42.5 Å². The topological polar surface area (TPSA) is 191 Å². The quantitative estimate of drug-likeness (QED) is 0.159. The number of nitrogens with two attached hydrogens (primary N) is 1. The van der Waals surface area contributed by atoms with Gasteiger partial charge in [-0.3, -0.25) is 14.4 Å². The Kier molecular flexibility index (Phi) is 12.7. The molecule has 2 aromatic carbocycles. The number of hydrogen-bond donors (Lipinski definition) is 7. The number of aromatic hydroxyl groups is 1. The Bertz CT molecular complexity index is 1100. The molecule has 0 heterocycles. The van der Waals surface area contributed by atoms with Crippen molar-refractivity contribution in [3.63, 3.8) is 0 Å². The standard InChI is InChI=1S/C27H36N4O7S/c1-16(32)23(27(37)38)31-25(35)21(12-13-39-2)29-26(36)22(15-18-8-10-19(33)11-9-18)30-24(34)20(28)14-17-6-4-3-5-7-17/h3-11,16,20-23,32-33H,12-15,28H2,1-2H3,(H,29,36)(H,30,34)(H,31,35)(H,37,38). The lowest BCUT2D eigenvalue weighted by Gasteiger charge is -2.26. The zero-order valence-corrected chi connectivity index (χ0v) is 22.7. The molecule has 0 spiro atoms. The maximum atomic E-state index is 13.4. The summed E-state index contributed by atoms with van der Waals surface area (Å²) in [7, 11) is 0. The number of thioether (sulfide) groups is 1. The number of aliphatic hydroxyl groups is 1. The average molecular weight is 561 g/mol. The lowest BCUT2D eigenvalue weighted by Crippen LogP contribution is -2.58. The van der Waals surface area contributed by atoms with Crippen molar-refractivity contribution in [2.75, 3.05) is 12.0 Å². The molecule has 0 saturated carbocycles. The van der Waals surface area contributed by atoms with Gasteiger partial charge in [-0.15, -0.1) is 0 Å². The Hall–Kier alpha value is -3.61. The fraction of sp³-hybridized carbons (Fsp3) is 0.407. The number of carbonyl (C=O) groups is 4. The smallest absolute Gasteiger partial charge is 0.328 e. The molecule has 2 aromatic rings. The number of phenols is 1. The predicted octanol–water partition coefficient (Wildman–Crippen LogP) is 0.178. The Balaban J connectivity index is 2.22. The number of carboxylic acid groups (broad SMARTS) is 1. The predicted molar refractivity (Wildman–Crippen MR) is 148 cm³/mol. The first-order chi connectivity index (χ1) is 18.5. The number of benzene rings is 2. The first-order valence-electron chi connectivity index (χ1n) is 12.4. The van der Waals surface area contributed by atoms with Gasteiger partial charge in [0.05, 0.1) is 12.1 Å². The van der Waals surface area contributed by atoms with Gasteiger partial charge in [0.1, 0.15) is 17.8 Å². The number of aliphatic hydroxyl groups excluding tert-OH is 1. The molecular formula is C27H36N4O7S. The summed E-state index contributed by atoms with van der Waals surface area (Å²) in [5.74, 6) is -2.92. The molecule has 5 unspecified atom stereocenters. The van der Waals surface area contributed by atoms with E-state index >= 15 is 0 Å². The van der Waals surface area contributed by atoms with Gasteiger partial charge in [-0.25, -0.2) is 4.79 Å². The number of aliphatic carboxylic acids is 1. The molecule has 0 aliphatic carbocycles. The summed E-state index contributed by atoms with van der Waals surface area (Å²) >= 11 is 1.43. The van der Waals surface area contributed by atoms with Gasteiger partial charge >= 0.3 is 5.97 Å². The van der Waals surface area contributed by atoms with E-state index < -0.39 is 54.0 Å². The molecule has 0 fully saturated rings. The summed E-state index contributed by atoms with van der Waals surface area (Å²) in [4.78, 5) is 50.7. The molecule has 5 atom stereocenters. The van der Waals surface area contributed by atoms with Crippen LogP contribution in [0.3, 0.4) is 0 Å². The molecule has 39 heavy (non-hydrogen) atoms. The van der Waals surface area contributed by atoms with Crippen LogP contribution in [0, 0.1) is 0 Å². The molecule has 3 amide bonds. The van der Waals surface area contributed by atoms with Crippen LogP contribution in [-0.2, 0) is 32.0 Å². The van der Waals surface area contributed by atoms with E-state index in [-0.39, 0.29) is 25.0 Å². The molecule has 12 heteroatoms. The van der Waals surface area contributed by atoms with Crippen LogP contribution < -0.4 is 21.7 Å². The number of phenolic OH excluding ortho intramolecular Hbond substituents is 1. The van der Waals surface area contributed by atoms with E-state index in [0.717, 1.165) is 5.56 Å². The van der Waals surface area contributed by atoms with Crippen LogP contribution in [0.15, 0.2) is 54.6 Å². The molecule has 0 bridgehead atoms. The van der Waals surface area contributed by atoms with E-state index in [2.05, 4.69) is 16.0 Å². The number of rotatable bonds is 15. The molecular weight excluding hydrogens is 524 g/mol. The number of hydrogen-bond acceptors (Lipinski definition) is 8. The van der Waals surface area contributed by atoms with Crippen molar-refractivity contribution in [3.8, 4) is 5.75 Å². The van der Waals surface area contributed by atoms with Crippen LogP contribution in [-0.4, -0.2) is 81.3 Å². The number of carbonyl (C=O) groups excluding carboxylic acids is 3. The first-order valence-corrected chi connectivity index (χ1v) is 13.8. The Labute approximate surface area is 231 Å². The monoisotopic (exact) mass is 560 g/mol. The zero-order valence-electron chi connectivity index (χ0n) is 21.9. The fourth-order valence-corrected chi connectivity index (χ4v) is 4.21. The van der Waals surface area contributed by atoms with Gasteiger partial charge in [0.15, 0.2) is 6.04 Å². The second kappa shape index (κ2) is 15.7. The summed E-state index contributed by atoms with van der Waals surface area (Å²) in [6.07, 6.45) is 0.913. The van der Waals surface area contributed by atoms with E-state index in [1.165, 1.54) is 30.8 Å². The molecule has 0 aliphatic heterocycles. The highest BCUT2D eigenvalue weighted by Crippen LogP contribution is 2.13. The highest BCUT2D eigenvalue weighted by Gasteiger charge is 2.32. The van der Waals surface area contributed by atoms with Crippen molar-refractivity contribution < 1.29 is 34.5 Å². The van der Waals surface area contributed by atoms with Gasteiger partial charge in [0, 0.05) is 6.42 Å². The first kappa shape index (κ1) is 31.6. The van der Waals surface area contributed by atoms with Crippen LogP contribution in [0.25, 0.3) is 0 Å². The third-order valence-corrected chi connectivity index (χ3v) is 6.58. The maximum absolute atomic E-state index is 13.4. The zero-order chi connectivity index (χ0) is 28.9. The van der Waals surface area contributed by atoms with Crippen molar-refractivity contribution in [1.29, 1.82) is 0 Å². The van der Waals surface area contributed by atoms with Crippen LogP contribution >= 0.6 is 11.8 Å². The summed E-state index contributed by atoms with van der Waals surface area (Å²) in [6, 6.07) is 10.5. The van der Waals surface area contributed by atoms with Gasteiger partial charge < -0.3 is 37.0 Å². The van der Waals surface area contributed by atoms with Crippen LogP contribution in [0.2, 0.25) is 0 Å². The Morgan fingerprint density at radius 3 is 1.97 bits per heavy atom. The largest absolute Gasteiger partial charge is 0.508 e. The van der Waals surface area contributed by atoms with Crippen molar-refractivity contribution in [2.24, 2.45) is 5.73 Å². The highest BCUT2D eigenvalue weighted by atomic mass is 32.2. The third-order valence-electron chi connectivity index (χ3n) is 5.93. The Morgan fingerprint density at radius 1 is 0.846 bits per heavy atom. The van der Waals surface area contributed by atoms with Crippen LogP contribution in [0.5, 0.6) is 5.75 Å². The minimum atomic E-state index is -1.56. The molecule has 0 saturated heterocycles. The molecule has 8 N–H and O–H groups in total. The number of amides is 3. The van der Waals surface area contributed by atoms with Crippen LogP contribution in [0.4, 0.5) is 0 Å². The number of carboxylic acids is 1. The van der Waals surface area contributed by atoms with Gasteiger partial charge in [-0.05, 0) is 55.0 Å². The third kappa shape index (κ3) is 10.6. The highest BCUT2D eigenvalue weighted by molar-refractivity contribution is 7.98. The molecule has 0 aliphatic rings. The second-order valence-electron chi connectivity index (χ2n) is 9.14. The number of nitrogens with one attached hydrogen (secondary N) is 3. The fourth-order valence-electron chi connectivity index (χ4n) is 3.74. The van der Waals surface area contributed by atoms with Gasteiger partial charge in [-0.2, -0.15) is 11.8 Å². The normalized spacial score (nSPS) is 14.8. The minimum Gasteiger partial charge on any atom is -0.508 e. The molecule has 0 aromatic heterocycles. The molecule has 11 nitrogen and oxygen atoms in total. The van der Waals surface area contributed by atoms with E-state index in [4.69, 9.17) is 5.73 Å². The summed E-state index contributed by atoms with van der Waals surface area (Å²) < 4.78 is 0. The lowest BCUT2D eigenvalue weighted by atomic mass is 10.0. The average Bonchev–Trinajstić information content (AvgIpc) is 2.90. The molecule has 212 valence electrons. The summed E-state index contributed by atoms with van der Waals surface area (Å²) in [6.45, 7) is 1.23. The SMILES string of the molecule is CSCCC(NC(=O)C(Cc1ccc(O)cc1)NC(=O)C(N)Cc1ccccc1)C(=O)NC(C(=O)O)C(C)O. The van der Waals surface area contributed by atoms with E-state index in [0.29, 0.717) is 11.3 Å². The van der Waals surface area contributed by atoms with Crippen LogP contribution in [0.1, 0.15) is 24.5 Å². The summed E-state index contributed by atoms with van der Waals surface area (Å²) in [5, 5.41) is 36.2. The van der Waals surface area contributed by atoms with Crippen molar-refractivity contribution >= 4 is 35.5 Å². The van der Waals surface area contributed by atoms with E-state index in [1.807, 2.05) is 36.6 Å². The van der Waals surface area contributed by atoms with E-state index in [1.54, 1.807) is 12.1 Å². The lowest BCUT2D eigenvalue weighted by molar-refractivity contribution is -0.145. The minimum absolute atomic E-state index is 0.0357. The van der Waals surface area contributed by atoms with Crippen molar-refractivity contribution in [2.45, 2.75) is 56.5 Å². The summed E-state index contributed by atoms with van der Waals surface area (Å²) in [5.41, 5.74) is 7.60. The maximum Gasteiger partial charge on any atom is 0.328 e. The van der Waals surface area contributed by atoms with Gasteiger partial charge in [0.25, 0.3) is 0 Å². The van der Waals surface area contributed by atoms with Crippen molar-refractivity contribution in [3.05, 3.63) is 65.7 Å². The van der Waals surface area contributed by atoms with Crippen molar-refractivity contribution in [1.82, 2.24) is 16.0 Å². The second-order valence-corrected chi connectivity index (χ2v) is 10.1. The van der Waals surface area contributed by atoms with Gasteiger partial charge in [0.2, 0.25) is 17.7 Å². The molecule has 2 rings (SSSR count). The molecule has 0 radical (unpaired) electrons. The Morgan fingerprint density at radius 2 is 1.41 bits per heavy atom. The van der Waals surface area contributed by atoms with E-state index in [9.17, 15) is 34.5 Å².